The molecule has 236 valence electrons. The summed E-state index contributed by atoms with van der Waals surface area (Å²) >= 11 is 1.04. The van der Waals surface area contributed by atoms with E-state index in [0.29, 0.717) is 46.4 Å². The first kappa shape index (κ1) is 31.4. The van der Waals surface area contributed by atoms with E-state index >= 15 is 0 Å². The number of carbonyl (C=O) groups is 3. The van der Waals surface area contributed by atoms with Crippen molar-refractivity contribution in [1.29, 1.82) is 0 Å². The van der Waals surface area contributed by atoms with Gasteiger partial charge in [0.15, 0.2) is 10.9 Å². The molecule has 0 radical (unpaired) electrons. The molecule has 1 N–H and O–H groups in total. The number of ether oxygens (including phenoxy) is 2. The van der Waals surface area contributed by atoms with Crippen molar-refractivity contribution in [3.63, 3.8) is 0 Å². The van der Waals surface area contributed by atoms with E-state index in [9.17, 15) is 19.5 Å². The molecule has 0 spiro atoms. The van der Waals surface area contributed by atoms with Crippen molar-refractivity contribution in [3.8, 4) is 11.5 Å². The third-order valence-corrected chi connectivity index (χ3v) is 9.07. The molecule has 2 heterocycles. The SMILES string of the molecule is CC(=O)c1sc(N2C(=O)C(=O)/C(=C(/O)c3ccc(OCc4cccc(C)c4)cc3)C2c2ccc(OCc3ccccc3)cc2)nc1C. The molecule has 1 aromatic heterocycles. The number of ketones is 2. The van der Waals surface area contributed by atoms with Gasteiger partial charge in [-0.15, -0.1) is 0 Å². The third-order valence-electron chi connectivity index (χ3n) is 7.82. The number of aromatic nitrogens is 1. The molecule has 47 heavy (non-hydrogen) atoms. The molecule has 9 heteroatoms. The molecule has 0 aliphatic carbocycles. The zero-order valence-corrected chi connectivity index (χ0v) is 26.9. The first-order valence-corrected chi connectivity index (χ1v) is 15.9. The van der Waals surface area contributed by atoms with E-state index in [2.05, 4.69) is 4.98 Å². The molecule has 4 aromatic carbocycles. The molecule has 1 saturated heterocycles. The van der Waals surface area contributed by atoms with Gasteiger partial charge < -0.3 is 14.6 Å². The first-order valence-electron chi connectivity index (χ1n) is 15.0. The Labute approximate surface area is 276 Å². The van der Waals surface area contributed by atoms with Crippen LogP contribution in [0.4, 0.5) is 5.13 Å². The van der Waals surface area contributed by atoms with Gasteiger partial charge >= 0.3 is 5.91 Å². The number of amides is 1. The molecule has 5 aromatic rings. The lowest BCUT2D eigenvalue weighted by Gasteiger charge is -2.23. The maximum absolute atomic E-state index is 13.6. The highest BCUT2D eigenvalue weighted by Gasteiger charge is 2.48. The number of nitrogens with zero attached hydrogens (tertiary/aromatic N) is 2. The van der Waals surface area contributed by atoms with Gasteiger partial charge in [0, 0.05) is 12.5 Å². The van der Waals surface area contributed by atoms with Crippen LogP contribution in [0, 0.1) is 13.8 Å². The summed E-state index contributed by atoms with van der Waals surface area (Å²) in [6.45, 7) is 5.88. The summed E-state index contributed by atoms with van der Waals surface area (Å²) in [5.41, 5.74) is 4.46. The maximum atomic E-state index is 13.6. The molecule has 1 fully saturated rings. The van der Waals surface area contributed by atoms with Crippen LogP contribution in [0.1, 0.15) is 56.1 Å². The number of anilines is 1. The van der Waals surface area contributed by atoms with Gasteiger partial charge in [-0.1, -0.05) is 83.6 Å². The number of rotatable bonds is 10. The Balaban J connectivity index is 1.34. The number of benzene rings is 4. The molecule has 0 bridgehead atoms. The van der Waals surface area contributed by atoms with Gasteiger partial charge in [-0.3, -0.25) is 19.3 Å². The summed E-state index contributed by atoms with van der Waals surface area (Å²) in [7, 11) is 0. The predicted molar refractivity (Wildman–Crippen MR) is 181 cm³/mol. The number of carbonyl (C=O) groups excluding carboxylic acids is 3. The summed E-state index contributed by atoms with van der Waals surface area (Å²) in [6.07, 6.45) is 0. The van der Waals surface area contributed by atoms with Crippen molar-refractivity contribution in [2.45, 2.75) is 40.0 Å². The smallest absolute Gasteiger partial charge is 0.301 e. The zero-order valence-electron chi connectivity index (χ0n) is 26.1. The summed E-state index contributed by atoms with van der Waals surface area (Å²) in [4.78, 5) is 45.7. The standard InChI is InChI=1S/C38H32N2O6S/c1-23-8-7-11-27(20-23)22-46-31-18-14-29(15-19-31)34(42)32-33(28-12-16-30(17-13-28)45-21-26-9-5-4-6-10-26)40(37(44)35(32)43)38-39-24(2)36(47-38)25(3)41/h4-20,33,42H,21-22H2,1-3H3/b34-32+. The van der Waals surface area contributed by atoms with Crippen molar-refractivity contribution in [2.75, 3.05) is 4.90 Å². The van der Waals surface area contributed by atoms with E-state index in [1.54, 1.807) is 55.5 Å². The Kier molecular flexibility index (Phi) is 8.99. The van der Waals surface area contributed by atoms with E-state index < -0.39 is 17.7 Å². The third kappa shape index (κ3) is 6.71. The van der Waals surface area contributed by atoms with Crippen LogP contribution in [-0.4, -0.2) is 27.6 Å². The zero-order chi connectivity index (χ0) is 33.1. The van der Waals surface area contributed by atoms with E-state index in [4.69, 9.17) is 9.47 Å². The normalized spacial score (nSPS) is 15.6. The van der Waals surface area contributed by atoms with Gasteiger partial charge in [-0.05, 0) is 66.9 Å². The minimum atomic E-state index is -0.999. The number of Topliss-reactive ketones (excluding diaryl/α,β-unsaturated/α-hetero) is 2. The van der Waals surface area contributed by atoms with Crippen molar-refractivity contribution in [1.82, 2.24) is 4.98 Å². The topological polar surface area (TPSA) is 106 Å². The van der Waals surface area contributed by atoms with Crippen LogP contribution in [-0.2, 0) is 22.8 Å². The van der Waals surface area contributed by atoms with Crippen LogP contribution in [0.25, 0.3) is 5.76 Å². The second-order valence-electron chi connectivity index (χ2n) is 11.3. The highest BCUT2D eigenvalue weighted by Crippen LogP contribution is 2.44. The van der Waals surface area contributed by atoms with Gasteiger partial charge in [0.1, 0.15) is 30.5 Å². The molecule has 0 saturated carbocycles. The van der Waals surface area contributed by atoms with Gasteiger partial charge in [0.2, 0.25) is 0 Å². The molecule has 8 nitrogen and oxygen atoms in total. The Morgan fingerprint density at radius 1 is 0.830 bits per heavy atom. The monoisotopic (exact) mass is 644 g/mol. The lowest BCUT2D eigenvalue weighted by atomic mass is 9.95. The van der Waals surface area contributed by atoms with Crippen LogP contribution in [0.2, 0.25) is 0 Å². The number of aliphatic hydroxyl groups excluding tert-OH is 1. The maximum Gasteiger partial charge on any atom is 0.301 e. The van der Waals surface area contributed by atoms with Crippen molar-refractivity contribution in [3.05, 3.63) is 147 Å². The molecule has 1 unspecified atom stereocenters. The Bertz CT molecular complexity index is 1980. The fraction of sp³-hybridized carbons (Fsp3) is 0.158. The second-order valence-corrected chi connectivity index (χ2v) is 12.3. The Morgan fingerprint density at radius 3 is 2.06 bits per heavy atom. The van der Waals surface area contributed by atoms with Gasteiger partial charge in [0.25, 0.3) is 5.78 Å². The highest BCUT2D eigenvalue weighted by molar-refractivity contribution is 7.18. The van der Waals surface area contributed by atoms with Crippen molar-refractivity contribution >= 4 is 39.7 Å². The van der Waals surface area contributed by atoms with Gasteiger partial charge in [-0.2, -0.15) is 0 Å². The average molecular weight is 645 g/mol. The number of aryl methyl sites for hydroxylation is 2. The molecule has 1 amide bonds. The van der Waals surface area contributed by atoms with Gasteiger partial charge in [0.05, 0.1) is 22.2 Å². The van der Waals surface area contributed by atoms with Crippen LogP contribution in [0.5, 0.6) is 11.5 Å². The molecular weight excluding hydrogens is 612 g/mol. The van der Waals surface area contributed by atoms with Crippen LogP contribution >= 0.6 is 11.3 Å². The van der Waals surface area contributed by atoms with E-state index in [1.807, 2.05) is 61.5 Å². The summed E-state index contributed by atoms with van der Waals surface area (Å²) in [5.74, 6) is -1.03. The van der Waals surface area contributed by atoms with E-state index in [0.717, 1.165) is 28.0 Å². The minimum absolute atomic E-state index is 0.0846. The summed E-state index contributed by atoms with van der Waals surface area (Å²) < 4.78 is 11.9. The highest BCUT2D eigenvalue weighted by atomic mass is 32.1. The molecule has 1 atom stereocenters. The number of hydrogen-bond acceptors (Lipinski definition) is 8. The summed E-state index contributed by atoms with van der Waals surface area (Å²) in [6, 6.07) is 30.5. The second kappa shape index (κ2) is 13.4. The molecule has 1 aliphatic rings. The Hall–Kier alpha value is -5.54. The Morgan fingerprint density at radius 2 is 1.45 bits per heavy atom. The number of hydrogen-bond donors (Lipinski definition) is 1. The quantitative estimate of drug-likeness (QED) is 0.0717. The lowest BCUT2D eigenvalue weighted by Crippen LogP contribution is -2.29. The van der Waals surface area contributed by atoms with Gasteiger partial charge in [-0.25, -0.2) is 4.98 Å². The number of aliphatic hydroxyl groups is 1. The van der Waals surface area contributed by atoms with Crippen LogP contribution in [0.3, 0.4) is 0 Å². The molecule has 6 rings (SSSR count). The van der Waals surface area contributed by atoms with E-state index in [1.165, 1.54) is 11.8 Å². The molecular formula is C38H32N2O6S. The van der Waals surface area contributed by atoms with E-state index in [-0.39, 0.29) is 22.2 Å². The first-order chi connectivity index (χ1) is 22.7. The van der Waals surface area contributed by atoms with Crippen molar-refractivity contribution < 1.29 is 29.0 Å². The average Bonchev–Trinajstić information content (AvgIpc) is 3.59. The van der Waals surface area contributed by atoms with Crippen LogP contribution < -0.4 is 14.4 Å². The fourth-order valence-electron chi connectivity index (χ4n) is 5.48. The minimum Gasteiger partial charge on any atom is -0.507 e. The predicted octanol–water partition coefficient (Wildman–Crippen LogP) is 7.75. The summed E-state index contributed by atoms with van der Waals surface area (Å²) in [5, 5.41) is 11.8. The number of thiazole rings is 1. The van der Waals surface area contributed by atoms with Crippen LogP contribution in [0.15, 0.2) is 109 Å². The fourth-order valence-corrected chi connectivity index (χ4v) is 6.47. The molecule has 1 aliphatic heterocycles. The largest absolute Gasteiger partial charge is 0.507 e. The van der Waals surface area contributed by atoms with Crippen molar-refractivity contribution in [2.24, 2.45) is 0 Å². The lowest BCUT2D eigenvalue weighted by molar-refractivity contribution is -0.132.